The SMILES string of the molecule is CC1=C2CCC=C3C(=O)OCC32C=CC2=C1C(c1ccoc1)OC2=O. The highest BCUT2D eigenvalue weighted by molar-refractivity contribution is 5.99. The maximum absolute atomic E-state index is 12.5. The molecular weight excluding hydrogens is 320 g/mol. The third kappa shape index (κ3) is 1.78. The molecule has 5 heteroatoms. The van der Waals surface area contributed by atoms with Crippen LogP contribution in [0, 0.1) is 5.41 Å². The maximum Gasteiger partial charge on any atom is 0.339 e. The van der Waals surface area contributed by atoms with Crippen LogP contribution in [0.25, 0.3) is 0 Å². The summed E-state index contributed by atoms with van der Waals surface area (Å²) in [6, 6.07) is 1.81. The molecule has 25 heavy (non-hydrogen) atoms. The van der Waals surface area contributed by atoms with Gasteiger partial charge in [-0.3, -0.25) is 0 Å². The van der Waals surface area contributed by atoms with E-state index in [0.29, 0.717) is 17.8 Å². The quantitative estimate of drug-likeness (QED) is 0.736. The first-order chi connectivity index (χ1) is 12.1. The fraction of sp³-hybridized carbons (Fsp3) is 0.300. The minimum absolute atomic E-state index is 0.259. The van der Waals surface area contributed by atoms with Gasteiger partial charge in [0.15, 0.2) is 6.10 Å². The highest BCUT2D eigenvalue weighted by Crippen LogP contribution is 2.54. The zero-order valence-corrected chi connectivity index (χ0v) is 13.7. The number of carbonyl (C=O) groups excluding carboxylic acids is 2. The minimum atomic E-state index is -0.551. The van der Waals surface area contributed by atoms with E-state index in [0.717, 1.165) is 35.1 Å². The molecule has 5 nitrogen and oxygen atoms in total. The van der Waals surface area contributed by atoms with Crippen molar-refractivity contribution in [1.29, 1.82) is 0 Å². The number of ether oxygens (including phenoxy) is 2. The van der Waals surface area contributed by atoms with Gasteiger partial charge in [0.05, 0.1) is 29.1 Å². The highest BCUT2D eigenvalue weighted by atomic mass is 16.6. The molecule has 1 aromatic rings. The summed E-state index contributed by atoms with van der Waals surface area (Å²) in [7, 11) is 0. The molecule has 2 atom stereocenters. The second-order valence-corrected chi connectivity index (χ2v) is 6.81. The summed E-state index contributed by atoms with van der Waals surface area (Å²) >= 11 is 0. The van der Waals surface area contributed by atoms with E-state index in [1.807, 2.05) is 25.1 Å². The molecule has 0 saturated carbocycles. The lowest BCUT2D eigenvalue weighted by Gasteiger charge is -2.32. The van der Waals surface area contributed by atoms with E-state index in [-0.39, 0.29) is 11.9 Å². The Balaban J connectivity index is 1.73. The molecular formula is C20H16O5. The summed E-state index contributed by atoms with van der Waals surface area (Å²) in [6.45, 7) is 2.31. The third-order valence-electron chi connectivity index (χ3n) is 5.65. The van der Waals surface area contributed by atoms with E-state index in [9.17, 15) is 9.59 Å². The van der Waals surface area contributed by atoms with E-state index >= 15 is 0 Å². The zero-order chi connectivity index (χ0) is 17.2. The number of allylic oxidation sites excluding steroid dienone is 1. The minimum Gasteiger partial charge on any atom is -0.472 e. The van der Waals surface area contributed by atoms with Crippen molar-refractivity contribution in [1.82, 2.24) is 0 Å². The van der Waals surface area contributed by atoms with Crippen molar-refractivity contribution in [2.75, 3.05) is 6.61 Å². The first kappa shape index (κ1) is 14.5. The van der Waals surface area contributed by atoms with Gasteiger partial charge in [-0.1, -0.05) is 12.2 Å². The highest BCUT2D eigenvalue weighted by Gasteiger charge is 2.51. The smallest absolute Gasteiger partial charge is 0.339 e. The van der Waals surface area contributed by atoms with E-state index in [1.54, 1.807) is 18.6 Å². The van der Waals surface area contributed by atoms with E-state index < -0.39 is 11.5 Å². The molecule has 0 aromatic carbocycles. The zero-order valence-electron chi connectivity index (χ0n) is 13.7. The summed E-state index contributed by atoms with van der Waals surface area (Å²) < 4.78 is 16.2. The predicted octanol–water partition coefficient (Wildman–Crippen LogP) is 3.32. The molecule has 1 fully saturated rings. The maximum atomic E-state index is 12.5. The largest absolute Gasteiger partial charge is 0.472 e. The van der Waals surface area contributed by atoms with E-state index in [2.05, 4.69) is 0 Å². The second kappa shape index (κ2) is 4.85. The van der Waals surface area contributed by atoms with Crippen molar-refractivity contribution in [3.05, 3.63) is 70.2 Å². The lowest BCUT2D eigenvalue weighted by Crippen LogP contribution is -2.27. The van der Waals surface area contributed by atoms with E-state index in [4.69, 9.17) is 13.9 Å². The predicted molar refractivity (Wildman–Crippen MR) is 87.1 cm³/mol. The summed E-state index contributed by atoms with van der Waals surface area (Å²) in [5, 5.41) is 0. The number of hydrogen-bond donors (Lipinski definition) is 0. The molecule has 2 unspecified atom stereocenters. The summed E-state index contributed by atoms with van der Waals surface area (Å²) in [5.41, 5.74) is 4.54. The summed E-state index contributed by atoms with van der Waals surface area (Å²) in [4.78, 5) is 24.6. The number of rotatable bonds is 1. The fourth-order valence-electron chi connectivity index (χ4n) is 4.46. The lowest BCUT2D eigenvalue weighted by molar-refractivity contribution is -0.139. The van der Waals surface area contributed by atoms with Gasteiger partial charge in [-0.25, -0.2) is 9.59 Å². The van der Waals surface area contributed by atoms with E-state index in [1.165, 1.54) is 0 Å². The average molecular weight is 336 g/mol. The third-order valence-corrected chi connectivity index (χ3v) is 5.65. The molecule has 3 heterocycles. The monoisotopic (exact) mass is 336 g/mol. The molecule has 0 N–H and O–H groups in total. The molecule has 2 aliphatic carbocycles. The molecule has 126 valence electrons. The van der Waals surface area contributed by atoms with Crippen LogP contribution in [-0.4, -0.2) is 18.5 Å². The Labute approximate surface area is 144 Å². The Morgan fingerprint density at radius 1 is 1.24 bits per heavy atom. The molecule has 1 spiro atoms. The summed E-state index contributed by atoms with van der Waals surface area (Å²) in [5.74, 6) is -0.603. The lowest BCUT2D eigenvalue weighted by atomic mass is 9.68. The van der Waals surface area contributed by atoms with Crippen molar-refractivity contribution < 1.29 is 23.5 Å². The molecule has 5 rings (SSSR count). The Bertz CT molecular complexity index is 925. The molecule has 0 bridgehead atoms. The average Bonchev–Trinajstić information content (AvgIpc) is 3.29. The Morgan fingerprint density at radius 2 is 2.12 bits per heavy atom. The number of hydrogen-bond acceptors (Lipinski definition) is 5. The van der Waals surface area contributed by atoms with Crippen LogP contribution in [0.1, 0.15) is 31.4 Å². The Kier molecular flexibility index (Phi) is 2.82. The molecule has 1 saturated heterocycles. The number of cyclic esters (lactones) is 2. The second-order valence-electron chi connectivity index (χ2n) is 6.81. The van der Waals surface area contributed by atoms with Crippen molar-refractivity contribution >= 4 is 11.9 Å². The molecule has 0 radical (unpaired) electrons. The first-order valence-electron chi connectivity index (χ1n) is 8.37. The normalized spacial score (nSPS) is 30.4. The molecule has 0 amide bonds. The van der Waals surface area contributed by atoms with Crippen molar-refractivity contribution in [3.63, 3.8) is 0 Å². The van der Waals surface area contributed by atoms with Crippen molar-refractivity contribution in [2.45, 2.75) is 25.9 Å². The Hall–Kier alpha value is -2.82. The van der Waals surface area contributed by atoms with Gasteiger partial charge >= 0.3 is 11.9 Å². The van der Waals surface area contributed by atoms with Gasteiger partial charge in [-0.05, 0) is 43.1 Å². The van der Waals surface area contributed by atoms with Crippen LogP contribution in [0.5, 0.6) is 0 Å². The van der Waals surface area contributed by atoms with Gasteiger partial charge in [-0.2, -0.15) is 0 Å². The van der Waals surface area contributed by atoms with Crippen LogP contribution < -0.4 is 0 Å². The summed E-state index contributed by atoms with van der Waals surface area (Å²) in [6.07, 6.45) is 10.0. The van der Waals surface area contributed by atoms with Gasteiger partial charge in [-0.15, -0.1) is 0 Å². The number of esters is 2. The van der Waals surface area contributed by atoms with Gasteiger partial charge < -0.3 is 13.9 Å². The topological polar surface area (TPSA) is 65.7 Å². The van der Waals surface area contributed by atoms with Crippen LogP contribution >= 0.6 is 0 Å². The van der Waals surface area contributed by atoms with Gasteiger partial charge in [0.1, 0.15) is 6.61 Å². The first-order valence-corrected chi connectivity index (χ1v) is 8.37. The van der Waals surface area contributed by atoms with Crippen LogP contribution in [0.15, 0.2) is 69.1 Å². The number of carbonyl (C=O) groups is 2. The standard InChI is InChI=1S/C20H16O5/c1-11-14-3-2-4-15-19(22)24-10-20(14,15)7-5-13-16(11)17(25-18(13)21)12-6-8-23-9-12/h4-9,17H,2-3,10H2,1H3. The number of furan rings is 1. The van der Waals surface area contributed by atoms with Gasteiger partial charge in [0, 0.05) is 11.1 Å². The van der Waals surface area contributed by atoms with Crippen LogP contribution in [-0.2, 0) is 19.1 Å². The molecule has 4 aliphatic rings. The van der Waals surface area contributed by atoms with Crippen LogP contribution in [0.4, 0.5) is 0 Å². The van der Waals surface area contributed by atoms with Crippen LogP contribution in [0.3, 0.4) is 0 Å². The van der Waals surface area contributed by atoms with Crippen molar-refractivity contribution in [3.8, 4) is 0 Å². The van der Waals surface area contributed by atoms with Crippen LogP contribution in [0.2, 0.25) is 0 Å². The van der Waals surface area contributed by atoms with Gasteiger partial charge in [0.25, 0.3) is 0 Å². The fourth-order valence-corrected chi connectivity index (χ4v) is 4.46. The van der Waals surface area contributed by atoms with Crippen molar-refractivity contribution in [2.24, 2.45) is 5.41 Å². The molecule has 1 aromatic heterocycles. The van der Waals surface area contributed by atoms with Gasteiger partial charge in [0.2, 0.25) is 0 Å². The molecule has 2 aliphatic heterocycles. The Morgan fingerprint density at radius 3 is 2.92 bits per heavy atom.